The maximum Gasteiger partial charge on any atom is 0.222 e. The van der Waals surface area contributed by atoms with Crippen molar-refractivity contribution in [2.75, 3.05) is 42.1 Å². The minimum Gasteiger partial charge on any atom is -0.369 e. The predicted octanol–water partition coefficient (Wildman–Crippen LogP) is 4.03. The van der Waals surface area contributed by atoms with E-state index in [1.165, 1.54) is 48.9 Å². The molecule has 2 aliphatic rings. The van der Waals surface area contributed by atoms with Crippen LogP contribution < -0.4 is 21.3 Å². The summed E-state index contributed by atoms with van der Waals surface area (Å²) < 4.78 is 0. The molecule has 6 heteroatoms. The standard InChI is InChI=1S/C24H30N6/c25-24-28-22-11-8-18(16-21(22)23(29-24)27-19-4-2-1-3-5-19)17-6-9-20(10-7-17)30-14-12-26-13-15-30/h6-11,16,19,26H,1-5,12-15H2,(H3,25,27,28,29). The van der Waals surface area contributed by atoms with E-state index in [2.05, 4.69) is 68.0 Å². The summed E-state index contributed by atoms with van der Waals surface area (Å²) in [5.74, 6) is 1.19. The first-order valence-electron chi connectivity index (χ1n) is 11.2. The fraction of sp³-hybridized carbons (Fsp3) is 0.417. The van der Waals surface area contributed by atoms with Crippen LogP contribution in [-0.4, -0.2) is 42.2 Å². The van der Waals surface area contributed by atoms with Gasteiger partial charge in [-0.15, -0.1) is 0 Å². The molecule has 1 saturated heterocycles. The van der Waals surface area contributed by atoms with Crippen molar-refractivity contribution in [1.82, 2.24) is 15.3 Å². The molecule has 3 aromatic rings. The van der Waals surface area contributed by atoms with Gasteiger partial charge in [-0.05, 0) is 48.2 Å². The molecule has 0 radical (unpaired) electrons. The van der Waals surface area contributed by atoms with Gasteiger partial charge in [0, 0.05) is 43.3 Å². The lowest BCUT2D eigenvalue weighted by Crippen LogP contribution is -2.43. The molecule has 2 fully saturated rings. The van der Waals surface area contributed by atoms with E-state index in [1.807, 2.05) is 0 Å². The largest absolute Gasteiger partial charge is 0.369 e. The van der Waals surface area contributed by atoms with Crippen molar-refractivity contribution in [3.63, 3.8) is 0 Å². The number of nitrogen functional groups attached to an aromatic ring is 1. The van der Waals surface area contributed by atoms with E-state index in [4.69, 9.17) is 5.73 Å². The topological polar surface area (TPSA) is 79.1 Å². The highest BCUT2D eigenvalue weighted by Crippen LogP contribution is 2.31. The highest BCUT2D eigenvalue weighted by atomic mass is 15.2. The van der Waals surface area contributed by atoms with Crippen LogP contribution in [0, 0.1) is 0 Å². The molecule has 4 N–H and O–H groups in total. The van der Waals surface area contributed by atoms with Crippen molar-refractivity contribution in [3.8, 4) is 11.1 Å². The van der Waals surface area contributed by atoms with E-state index in [9.17, 15) is 0 Å². The molecule has 0 unspecified atom stereocenters. The van der Waals surface area contributed by atoms with Crippen molar-refractivity contribution >= 4 is 28.4 Å². The van der Waals surface area contributed by atoms with E-state index >= 15 is 0 Å². The lowest BCUT2D eigenvalue weighted by atomic mass is 9.95. The van der Waals surface area contributed by atoms with E-state index in [-0.39, 0.29) is 0 Å². The SMILES string of the molecule is Nc1nc(NC2CCCCC2)c2cc(-c3ccc(N4CCNCC4)cc3)ccc2n1. The average Bonchev–Trinajstić information content (AvgIpc) is 2.80. The summed E-state index contributed by atoms with van der Waals surface area (Å²) in [7, 11) is 0. The second-order valence-electron chi connectivity index (χ2n) is 8.43. The van der Waals surface area contributed by atoms with Gasteiger partial charge in [0.25, 0.3) is 0 Å². The van der Waals surface area contributed by atoms with Crippen molar-refractivity contribution in [2.45, 2.75) is 38.1 Å². The Morgan fingerprint density at radius 2 is 1.63 bits per heavy atom. The Kier molecular flexibility index (Phi) is 5.41. The molecule has 156 valence electrons. The second-order valence-corrected chi connectivity index (χ2v) is 8.43. The lowest BCUT2D eigenvalue weighted by Gasteiger charge is -2.29. The quantitative estimate of drug-likeness (QED) is 0.611. The Balaban J connectivity index is 1.44. The van der Waals surface area contributed by atoms with Crippen LogP contribution in [0.5, 0.6) is 0 Å². The molecular weight excluding hydrogens is 372 g/mol. The van der Waals surface area contributed by atoms with Crippen LogP contribution in [0.2, 0.25) is 0 Å². The Morgan fingerprint density at radius 3 is 2.40 bits per heavy atom. The second kappa shape index (κ2) is 8.48. The minimum atomic E-state index is 0.328. The molecule has 0 amide bonds. The Labute approximate surface area is 177 Å². The number of rotatable bonds is 4. The summed E-state index contributed by atoms with van der Waals surface area (Å²) in [4.78, 5) is 11.4. The van der Waals surface area contributed by atoms with Gasteiger partial charge in [-0.2, -0.15) is 4.98 Å². The van der Waals surface area contributed by atoms with Crippen LogP contribution in [-0.2, 0) is 0 Å². The third-order valence-corrected chi connectivity index (χ3v) is 6.34. The summed E-state index contributed by atoms with van der Waals surface area (Å²) in [6.07, 6.45) is 6.28. The third kappa shape index (κ3) is 4.05. The van der Waals surface area contributed by atoms with Crippen molar-refractivity contribution in [3.05, 3.63) is 42.5 Å². The van der Waals surface area contributed by atoms with Gasteiger partial charge in [0.05, 0.1) is 5.52 Å². The van der Waals surface area contributed by atoms with Gasteiger partial charge in [0.1, 0.15) is 5.82 Å². The normalized spacial score (nSPS) is 17.9. The van der Waals surface area contributed by atoms with Crippen molar-refractivity contribution < 1.29 is 0 Å². The lowest BCUT2D eigenvalue weighted by molar-refractivity contribution is 0.462. The molecule has 1 aromatic heterocycles. The first-order chi connectivity index (χ1) is 14.8. The fourth-order valence-electron chi connectivity index (χ4n) is 4.66. The predicted molar refractivity (Wildman–Crippen MR) is 125 cm³/mol. The van der Waals surface area contributed by atoms with Gasteiger partial charge >= 0.3 is 0 Å². The van der Waals surface area contributed by atoms with E-state index in [0.717, 1.165) is 42.9 Å². The summed E-state index contributed by atoms with van der Waals surface area (Å²) in [5.41, 5.74) is 10.6. The van der Waals surface area contributed by atoms with Gasteiger partial charge < -0.3 is 21.3 Å². The van der Waals surface area contributed by atoms with Crippen molar-refractivity contribution in [2.24, 2.45) is 0 Å². The van der Waals surface area contributed by atoms with E-state index < -0.39 is 0 Å². The smallest absolute Gasteiger partial charge is 0.222 e. The Hall–Kier alpha value is -2.86. The Bertz CT molecular complexity index is 1000. The number of benzene rings is 2. The number of nitrogens with one attached hydrogen (secondary N) is 2. The summed E-state index contributed by atoms with van der Waals surface area (Å²) >= 11 is 0. The zero-order chi connectivity index (χ0) is 20.3. The van der Waals surface area contributed by atoms with Crippen LogP contribution in [0.25, 0.3) is 22.0 Å². The van der Waals surface area contributed by atoms with Crippen molar-refractivity contribution in [1.29, 1.82) is 0 Å². The third-order valence-electron chi connectivity index (χ3n) is 6.34. The van der Waals surface area contributed by atoms with E-state index in [1.54, 1.807) is 0 Å². The zero-order valence-corrected chi connectivity index (χ0v) is 17.4. The molecule has 0 spiro atoms. The van der Waals surface area contributed by atoms with Crippen LogP contribution in [0.3, 0.4) is 0 Å². The van der Waals surface area contributed by atoms with Gasteiger partial charge in [0.2, 0.25) is 5.95 Å². The summed E-state index contributed by atoms with van der Waals surface area (Å²) in [5, 5.41) is 8.10. The monoisotopic (exact) mass is 402 g/mol. The summed E-state index contributed by atoms with van der Waals surface area (Å²) in [6.45, 7) is 4.22. The molecule has 6 nitrogen and oxygen atoms in total. The van der Waals surface area contributed by atoms with E-state index in [0.29, 0.717) is 12.0 Å². The minimum absolute atomic E-state index is 0.328. The molecule has 30 heavy (non-hydrogen) atoms. The average molecular weight is 403 g/mol. The highest BCUT2D eigenvalue weighted by Gasteiger charge is 2.16. The number of hydrogen-bond donors (Lipinski definition) is 3. The summed E-state index contributed by atoms with van der Waals surface area (Å²) in [6, 6.07) is 15.7. The molecule has 2 aromatic carbocycles. The number of fused-ring (bicyclic) bond motifs is 1. The number of nitrogens with zero attached hydrogens (tertiary/aromatic N) is 3. The van der Waals surface area contributed by atoms with Gasteiger partial charge in [-0.1, -0.05) is 37.5 Å². The van der Waals surface area contributed by atoms with Crippen LogP contribution in [0.1, 0.15) is 32.1 Å². The maximum absolute atomic E-state index is 6.00. The van der Waals surface area contributed by atoms with Crippen LogP contribution >= 0.6 is 0 Å². The van der Waals surface area contributed by atoms with Gasteiger partial charge in [0.15, 0.2) is 0 Å². The van der Waals surface area contributed by atoms with Crippen LogP contribution in [0.4, 0.5) is 17.5 Å². The number of anilines is 3. The highest BCUT2D eigenvalue weighted by molar-refractivity contribution is 5.93. The number of nitrogens with two attached hydrogens (primary N) is 1. The molecule has 0 bridgehead atoms. The molecule has 1 saturated carbocycles. The van der Waals surface area contributed by atoms with Crippen LogP contribution in [0.15, 0.2) is 42.5 Å². The molecular formula is C24H30N6. The molecule has 5 rings (SSSR count). The number of aromatic nitrogens is 2. The Morgan fingerprint density at radius 1 is 0.900 bits per heavy atom. The molecule has 1 aliphatic carbocycles. The molecule has 2 heterocycles. The number of piperazine rings is 1. The van der Waals surface area contributed by atoms with Gasteiger partial charge in [-0.25, -0.2) is 4.98 Å². The fourth-order valence-corrected chi connectivity index (χ4v) is 4.66. The molecule has 0 atom stereocenters. The zero-order valence-electron chi connectivity index (χ0n) is 17.4. The first-order valence-corrected chi connectivity index (χ1v) is 11.2. The maximum atomic E-state index is 6.00. The molecule has 1 aliphatic heterocycles. The number of hydrogen-bond acceptors (Lipinski definition) is 6. The van der Waals surface area contributed by atoms with Gasteiger partial charge in [-0.3, -0.25) is 0 Å². The first kappa shape index (κ1) is 19.1.